The van der Waals surface area contributed by atoms with Crippen molar-refractivity contribution in [2.24, 2.45) is 4.99 Å². The normalized spacial score (nSPS) is 10.9. The molecule has 0 spiro atoms. The Morgan fingerprint density at radius 1 is 1.30 bits per heavy atom. The summed E-state index contributed by atoms with van der Waals surface area (Å²) in [7, 11) is 0. The summed E-state index contributed by atoms with van der Waals surface area (Å²) in [6.45, 7) is 5.87. The van der Waals surface area contributed by atoms with Crippen LogP contribution in [0.4, 0.5) is 10.1 Å². The quantitative estimate of drug-likeness (QED) is 0.299. The number of anilines is 1. The zero-order valence-electron chi connectivity index (χ0n) is 15.4. The van der Waals surface area contributed by atoms with Gasteiger partial charge in [-0.25, -0.2) is 9.38 Å². The monoisotopic (exact) mass is 489 g/mol. The smallest absolute Gasteiger partial charge is 0.246 e. The molecule has 10 heteroatoms. The van der Waals surface area contributed by atoms with E-state index in [4.69, 9.17) is 0 Å². The van der Waals surface area contributed by atoms with E-state index in [9.17, 15) is 9.18 Å². The Kier molecular flexibility index (Phi) is 10.3. The molecule has 0 bridgehead atoms. The number of rotatable bonds is 8. The molecule has 0 radical (unpaired) electrons. The van der Waals surface area contributed by atoms with E-state index in [0.29, 0.717) is 31.3 Å². The molecule has 148 valence electrons. The Balaban J connectivity index is 0.00000364. The molecule has 0 unspecified atom stereocenters. The molecule has 1 amide bonds. The van der Waals surface area contributed by atoms with Gasteiger partial charge in [-0.2, -0.15) is 0 Å². The van der Waals surface area contributed by atoms with Crippen LogP contribution in [-0.2, 0) is 17.8 Å². The predicted octanol–water partition coefficient (Wildman–Crippen LogP) is 1.79. The van der Waals surface area contributed by atoms with Gasteiger partial charge in [-0.1, -0.05) is 13.0 Å². The molecule has 27 heavy (non-hydrogen) atoms. The highest BCUT2D eigenvalue weighted by Gasteiger charge is 2.05. The Labute approximate surface area is 175 Å². The molecule has 0 fully saturated rings. The fourth-order valence-corrected chi connectivity index (χ4v) is 2.29. The Morgan fingerprint density at radius 3 is 2.81 bits per heavy atom. The van der Waals surface area contributed by atoms with Crippen molar-refractivity contribution in [1.82, 2.24) is 25.4 Å². The zero-order chi connectivity index (χ0) is 18.8. The first-order valence-corrected chi connectivity index (χ1v) is 8.56. The van der Waals surface area contributed by atoms with Crippen molar-refractivity contribution in [3.05, 3.63) is 42.2 Å². The van der Waals surface area contributed by atoms with Crippen molar-refractivity contribution in [1.29, 1.82) is 0 Å². The zero-order valence-corrected chi connectivity index (χ0v) is 17.7. The number of aryl methyl sites for hydroxylation is 1. The van der Waals surface area contributed by atoms with Gasteiger partial charge in [0.05, 0.1) is 0 Å². The maximum atomic E-state index is 13.1. The lowest BCUT2D eigenvalue weighted by Crippen LogP contribution is -2.39. The summed E-state index contributed by atoms with van der Waals surface area (Å²) < 4.78 is 15.1. The van der Waals surface area contributed by atoms with Gasteiger partial charge in [0.25, 0.3) is 0 Å². The lowest BCUT2D eigenvalue weighted by Gasteiger charge is -2.12. The van der Waals surface area contributed by atoms with E-state index in [1.54, 1.807) is 12.4 Å². The number of nitrogens with one attached hydrogen (secondary N) is 3. The van der Waals surface area contributed by atoms with Crippen molar-refractivity contribution in [3.63, 3.8) is 0 Å². The van der Waals surface area contributed by atoms with Gasteiger partial charge in [-0.15, -0.1) is 34.2 Å². The van der Waals surface area contributed by atoms with Gasteiger partial charge < -0.3 is 20.5 Å². The topological polar surface area (TPSA) is 96.2 Å². The van der Waals surface area contributed by atoms with Crippen molar-refractivity contribution >= 4 is 41.5 Å². The van der Waals surface area contributed by atoms with Gasteiger partial charge in [0.15, 0.2) is 5.96 Å². The molecular formula is C17H25FIN7O. The molecule has 1 aromatic carbocycles. The summed E-state index contributed by atoms with van der Waals surface area (Å²) in [6, 6.07) is 5.74. The first-order valence-electron chi connectivity index (χ1n) is 8.56. The van der Waals surface area contributed by atoms with Crippen molar-refractivity contribution in [2.45, 2.75) is 26.8 Å². The Hall–Kier alpha value is -2.24. The number of aliphatic imine (C=N–C) groups is 1. The highest BCUT2D eigenvalue weighted by Crippen LogP contribution is 2.08. The molecule has 0 saturated heterocycles. The van der Waals surface area contributed by atoms with Crippen LogP contribution in [0, 0.1) is 5.82 Å². The minimum absolute atomic E-state index is 0. The van der Waals surface area contributed by atoms with Crippen LogP contribution in [-0.4, -0.2) is 46.3 Å². The fraction of sp³-hybridized carbons (Fsp3) is 0.412. The number of hydrogen-bond acceptors (Lipinski definition) is 4. The third kappa shape index (κ3) is 7.89. The van der Waals surface area contributed by atoms with Gasteiger partial charge in [-0.05, 0) is 25.1 Å². The minimum Gasteiger partial charge on any atom is -0.357 e. The van der Waals surface area contributed by atoms with Gasteiger partial charge in [0.1, 0.15) is 24.5 Å². The Bertz CT molecular complexity index is 750. The number of benzene rings is 1. The molecular weight excluding hydrogens is 464 g/mol. The maximum absolute atomic E-state index is 13.1. The number of carbonyl (C=O) groups is 1. The fourth-order valence-electron chi connectivity index (χ4n) is 2.29. The number of nitrogens with zero attached hydrogens (tertiary/aromatic N) is 4. The van der Waals surface area contributed by atoms with Crippen LogP contribution >= 0.6 is 24.0 Å². The third-order valence-electron chi connectivity index (χ3n) is 3.49. The molecule has 0 saturated carbocycles. The molecule has 0 aliphatic heterocycles. The molecule has 2 aromatic rings. The summed E-state index contributed by atoms with van der Waals surface area (Å²) in [5, 5.41) is 16.8. The predicted molar refractivity (Wildman–Crippen MR) is 114 cm³/mol. The van der Waals surface area contributed by atoms with E-state index in [-0.39, 0.29) is 36.4 Å². The van der Waals surface area contributed by atoms with E-state index < -0.39 is 5.82 Å². The van der Waals surface area contributed by atoms with Crippen LogP contribution in [0.5, 0.6) is 0 Å². The number of carbonyl (C=O) groups excluding carboxylic acids is 1. The highest BCUT2D eigenvalue weighted by molar-refractivity contribution is 14.0. The van der Waals surface area contributed by atoms with Crippen LogP contribution in [0.25, 0.3) is 0 Å². The van der Waals surface area contributed by atoms with Gasteiger partial charge in [0, 0.05) is 31.7 Å². The average Bonchev–Trinajstić information content (AvgIpc) is 3.07. The molecule has 0 aliphatic rings. The second-order valence-electron chi connectivity index (χ2n) is 5.47. The summed E-state index contributed by atoms with van der Waals surface area (Å²) in [5.41, 5.74) is 0.405. The van der Waals surface area contributed by atoms with Crippen molar-refractivity contribution < 1.29 is 9.18 Å². The highest BCUT2D eigenvalue weighted by atomic mass is 127. The van der Waals surface area contributed by atoms with E-state index >= 15 is 0 Å². The molecule has 1 heterocycles. The van der Waals surface area contributed by atoms with Crippen LogP contribution in [0.2, 0.25) is 0 Å². The summed E-state index contributed by atoms with van der Waals surface area (Å²) in [5.74, 6) is 0.734. The number of amides is 1. The van der Waals surface area contributed by atoms with Gasteiger partial charge in [-0.3, -0.25) is 4.79 Å². The van der Waals surface area contributed by atoms with Gasteiger partial charge >= 0.3 is 0 Å². The van der Waals surface area contributed by atoms with Crippen LogP contribution < -0.4 is 16.0 Å². The Morgan fingerprint density at radius 2 is 2.11 bits per heavy atom. The first-order chi connectivity index (χ1) is 12.6. The molecule has 1 aromatic heterocycles. The second kappa shape index (κ2) is 12.2. The van der Waals surface area contributed by atoms with Crippen LogP contribution in [0.1, 0.15) is 19.7 Å². The summed E-state index contributed by atoms with van der Waals surface area (Å²) in [4.78, 5) is 16.2. The van der Waals surface area contributed by atoms with Crippen molar-refractivity contribution in [3.8, 4) is 0 Å². The van der Waals surface area contributed by atoms with Crippen molar-refractivity contribution in [2.75, 3.05) is 25.0 Å². The average molecular weight is 489 g/mol. The van der Waals surface area contributed by atoms with E-state index in [1.807, 2.05) is 18.4 Å². The third-order valence-corrected chi connectivity index (χ3v) is 3.49. The SMILES string of the molecule is CCNC(=NCC(=O)Nc1cccc(F)c1)NCCn1cnnc1CC.I. The van der Waals surface area contributed by atoms with E-state index in [1.165, 1.54) is 18.2 Å². The molecule has 0 atom stereocenters. The lowest BCUT2D eigenvalue weighted by atomic mass is 10.3. The van der Waals surface area contributed by atoms with Crippen LogP contribution in [0.15, 0.2) is 35.6 Å². The number of hydrogen-bond donors (Lipinski definition) is 3. The largest absolute Gasteiger partial charge is 0.357 e. The molecule has 3 N–H and O–H groups in total. The first kappa shape index (κ1) is 22.8. The second-order valence-corrected chi connectivity index (χ2v) is 5.47. The van der Waals surface area contributed by atoms with E-state index in [0.717, 1.165) is 12.2 Å². The minimum atomic E-state index is -0.401. The number of guanidine groups is 1. The van der Waals surface area contributed by atoms with Gasteiger partial charge in [0.2, 0.25) is 5.91 Å². The molecule has 2 rings (SSSR count). The maximum Gasteiger partial charge on any atom is 0.246 e. The summed E-state index contributed by atoms with van der Waals surface area (Å²) >= 11 is 0. The molecule has 0 aliphatic carbocycles. The van der Waals surface area contributed by atoms with Crippen LogP contribution in [0.3, 0.4) is 0 Å². The number of aromatic nitrogens is 3. The molecule has 8 nitrogen and oxygen atoms in total. The lowest BCUT2D eigenvalue weighted by molar-refractivity contribution is -0.114. The summed E-state index contributed by atoms with van der Waals surface area (Å²) in [6.07, 6.45) is 2.51. The number of halogens is 2. The van der Waals surface area contributed by atoms with E-state index in [2.05, 4.69) is 31.1 Å². The standard InChI is InChI=1S/C17H24FN7O.HI/c1-3-15-24-22-12-25(15)9-8-20-17(19-4-2)21-11-16(26)23-14-7-5-6-13(18)10-14;/h5-7,10,12H,3-4,8-9,11H2,1-2H3,(H,23,26)(H2,19,20,21);1H.